The quantitative estimate of drug-likeness (QED) is 0.120. The van der Waals surface area contributed by atoms with Crippen LogP contribution in [0.5, 0.6) is 0 Å². The first-order valence-corrected chi connectivity index (χ1v) is 23.9. The predicted octanol–water partition coefficient (Wildman–Crippen LogP) is 3.81. The molecule has 0 radical (unpaired) electrons. The van der Waals surface area contributed by atoms with E-state index in [-0.39, 0.29) is 100.0 Å². The molecule has 0 saturated carbocycles. The SMILES string of the molecule is CC(C)c1nc(N(C)S(C)(=O)=O)nc(-c2ccc(F)cc2)c1/C=C/[C@@H](O)CCCC(=O)[O-].CC(C)c1nc(N(C)S(C)(=O)=O)nc(-c2ccc(F)cc2)c1/C=C/[C@@H](O)CCCC(=O)[O-].[Ca+2]. The third-order valence-corrected chi connectivity index (χ3v) is 11.9. The second-order valence-electron chi connectivity index (χ2n) is 15.5. The number of sulfonamides is 2. The van der Waals surface area contributed by atoms with Crippen LogP contribution in [-0.2, 0) is 29.6 Å². The summed E-state index contributed by atoms with van der Waals surface area (Å²) in [5.74, 6) is -3.52. The van der Waals surface area contributed by atoms with Gasteiger partial charge in [0, 0.05) is 48.3 Å². The normalized spacial score (nSPS) is 12.8. The molecule has 65 heavy (non-hydrogen) atoms. The van der Waals surface area contributed by atoms with E-state index in [1.807, 2.05) is 27.7 Å². The van der Waals surface area contributed by atoms with Crippen molar-refractivity contribution in [3.05, 3.63) is 94.8 Å². The summed E-state index contributed by atoms with van der Waals surface area (Å²) in [4.78, 5) is 38.9. The minimum Gasteiger partial charge on any atom is -0.550 e. The summed E-state index contributed by atoms with van der Waals surface area (Å²) in [5, 5.41) is 41.6. The molecule has 2 N–H and O–H groups in total. The van der Waals surface area contributed by atoms with Crippen LogP contribution < -0.4 is 18.8 Å². The van der Waals surface area contributed by atoms with Gasteiger partial charge in [0.25, 0.3) is 0 Å². The molecule has 4 rings (SSSR count). The molecule has 0 aliphatic heterocycles. The summed E-state index contributed by atoms with van der Waals surface area (Å²) < 4.78 is 77.1. The van der Waals surface area contributed by atoms with Crippen LogP contribution in [-0.4, -0.2) is 135 Å². The van der Waals surface area contributed by atoms with E-state index >= 15 is 0 Å². The van der Waals surface area contributed by atoms with Gasteiger partial charge in [-0.2, -0.15) is 0 Å². The Morgan fingerprint density at radius 1 is 0.631 bits per heavy atom. The Balaban J connectivity index is 0.000000440. The number of nitrogens with zero attached hydrogens (tertiary/aromatic N) is 6. The fourth-order valence-corrected chi connectivity index (χ4v) is 6.67. The number of carbonyl (C=O) groups is 2. The van der Waals surface area contributed by atoms with Gasteiger partial charge in [0.05, 0.1) is 47.5 Å². The van der Waals surface area contributed by atoms with Crippen molar-refractivity contribution < 1.29 is 55.6 Å². The molecular weight excluding hydrogens is 915 g/mol. The Morgan fingerprint density at radius 2 is 0.938 bits per heavy atom. The van der Waals surface area contributed by atoms with E-state index in [4.69, 9.17) is 0 Å². The van der Waals surface area contributed by atoms with Crippen molar-refractivity contribution in [3.8, 4) is 22.5 Å². The summed E-state index contributed by atoms with van der Waals surface area (Å²) in [5.41, 5.74) is 4.05. The molecule has 2 atom stereocenters. The smallest absolute Gasteiger partial charge is 0.550 e. The molecule has 4 aromatic rings. The van der Waals surface area contributed by atoms with Crippen molar-refractivity contribution in [1.29, 1.82) is 0 Å². The van der Waals surface area contributed by atoms with E-state index in [1.165, 1.54) is 74.8 Å². The molecular formula is C44H54CaF2N6O10S2. The number of aliphatic hydroxyl groups excluding tert-OH is 2. The number of carboxylic acids is 2. The van der Waals surface area contributed by atoms with E-state index < -0.39 is 55.8 Å². The van der Waals surface area contributed by atoms with Gasteiger partial charge in [-0.15, -0.1) is 0 Å². The maximum absolute atomic E-state index is 13.5. The minimum absolute atomic E-state index is 0. The van der Waals surface area contributed by atoms with Gasteiger partial charge >= 0.3 is 37.7 Å². The molecule has 0 bridgehead atoms. The summed E-state index contributed by atoms with van der Waals surface area (Å²) in [7, 11) is -4.55. The van der Waals surface area contributed by atoms with Crippen molar-refractivity contribution in [3.63, 3.8) is 0 Å². The minimum atomic E-state index is -3.62. The third-order valence-electron chi connectivity index (χ3n) is 9.55. The Bertz CT molecular complexity index is 2350. The predicted molar refractivity (Wildman–Crippen MR) is 243 cm³/mol. The number of carboxylic acid groups (broad SMARTS) is 2. The molecule has 0 amide bonds. The van der Waals surface area contributed by atoms with E-state index in [9.17, 15) is 55.6 Å². The Kier molecular flexibility index (Phi) is 22.2. The number of benzene rings is 2. The number of hydrogen-bond donors (Lipinski definition) is 2. The van der Waals surface area contributed by atoms with Crippen molar-refractivity contribution in [1.82, 2.24) is 19.9 Å². The van der Waals surface area contributed by atoms with Gasteiger partial charge in [0.15, 0.2) is 0 Å². The maximum Gasteiger partial charge on any atom is 2.00 e. The van der Waals surface area contributed by atoms with Crippen LogP contribution in [0.2, 0.25) is 0 Å². The van der Waals surface area contributed by atoms with Crippen molar-refractivity contribution in [2.45, 2.75) is 90.3 Å². The second-order valence-corrected chi connectivity index (χ2v) is 19.5. The molecule has 0 aliphatic carbocycles. The number of hydrogen-bond acceptors (Lipinski definition) is 14. The molecule has 2 heterocycles. The topological polar surface area (TPSA) is 247 Å². The molecule has 2 aromatic heterocycles. The number of aromatic nitrogens is 4. The van der Waals surface area contributed by atoms with Gasteiger partial charge < -0.3 is 30.0 Å². The van der Waals surface area contributed by atoms with Gasteiger partial charge in [-0.05, 0) is 98.9 Å². The van der Waals surface area contributed by atoms with Crippen molar-refractivity contribution in [2.24, 2.45) is 0 Å². The molecule has 0 unspecified atom stereocenters. The molecule has 2 aromatic carbocycles. The first-order valence-electron chi connectivity index (χ1n) is 20.2. The van der Waals surface area contributed by atoms with Crippen LogP contribution in [0.25, 0.3) is 34.7 Å². The van der Waals surface area contributed by atoms with Crippen LogP contribution in [0.1, 0.15) is 101 Å². The molecule has 21 heteroatoms. The number of anilines is 2. The summed E-state index contributed by atoms with van der Waals surface area (Å²) in [6.45, 7) is 7.53. The third kappa shape index (κ3) is 17.7. The van der Waals surface area contributed by atoms with E-state index in [1.54, 1.807) is 12.2 Å². The molecule has 0 fully saturated rings. The molecule has 0 aliphatic rings. The molecule has 348 valence electrons. The second kappa shape index (κ2) is 25.5. The summed E-state index contributed by atoms with van der Waals surface area (Å²) >= 11 is 0. The van der Waals surface area contributed by atoms with Gasteiger partial charge in [0.1, 0.15) is 11.6 Å². The maximum atomic E-state index is 13.5. The van der Waals surface area contributed by atoms with E-state index in [2.05, 4.69) is 19.9 Å². The monoisotopic (exact) mass is 968 g/mol. The fraction of sp³-hybridized carbons (Fsp3) is 0.409. The van der Waals surface area contributed by atoms with E-state index in [0.29, 0.717) is 45.0 Å². The van der Waals surface area contributed by atoms with Crippen LogP contribution in [0.15, 0.2) is 60.7 Å². The first-order chi connectivity index (χ1) is 29.8. The fourth-order valence-electron chi connectivity index (χ4n) is 5.91. The summed E-state index contributed by atoms with van der Waals surface area (Å²) in [6.07, 6.45) is 7.18. The largest absolute Gasteiger partial charge is 2.00 e. The Morgan fingerprint density at radius 3 is 1.20 bits per heavy atom. The van der Waals surface area contributed by atoms with Gasteiger partial charge in [-0.1, -0.05) is 52.0 Å². The zero-order chi connectivity index (χ0) is 48.1. The first kappa shape index (κ1) is 56.7. The standard InChI is InChI=1S/2C22H28FN3O5S.Ca/c2*1-14(2)20-18(13-12-17(27)6-5-7-19(28)29)21(15-8-10-16(23)11-9-15)25-22(24-20)26(3)32(4,30)31;/h2*8-14,17,27H,5-7H2,1-4H3,(H,28,29);/q;;+2/p-2/b2*13-12+;/t2*17-;/m00./s1. The zero-order valence-electron chi connectivity index (χ0n) is 37.6. The average Bonchev–Trinajstić information content (AvgIpc) is 3.20. The average molecular weight is 969 g/mol. The van der Waals surface area contributed by atoms with Crippen molar-refractivity contribution in [2.75, 3.05) is 35.2 Å². The Hall–Kier alpha value is -4.44. The van der Waals surface area contributed by atoms with E-state index in [0.717, 1.165) is 21.1 Å². The molecule has 0 spiro atoms. The van der Waals surface area contributed by atoms with Gasteiger partial charge in [-0.3, -0.25) is 0 Å². The number of aliphatic carboxylic acids is 2. The van der Waals surface area contributed by atoms with Gasteiger partial charge in [0.2, 0.25) is 31.9 Å². The summed E-state index contributed by atoms with van der Waals surface area (Å²) in [6, 6.07) is 11.2. The van der Waals surface area contributed by atoms with Crippen LogP contribution in [0.4, 0.5) is 20.7 Å². The van der Waals surface area contributed by atoms with Crippen LogP contribution >= 0.6 is 0 Å². The number of aliphatic hydroxyl groups is 2. The van der Waals surface area contributed by atoms with Gasteiger partial charge in [-0.25, -0.2) is 54.2 Å². The molecule has 0 saturated heterocycles. The number of carbonyl (C=O) groups excluding carboxylic acids is 2. The van der Waals surface area contributed by atoms with Crippen molar-refractivity contribution >= 4 is 93.8 Å². The van der Waals surface area contributed by atoms with Crippen LogP contribution in [0.3, 0.4) is 0 Å². The number of halogens is 2. The zero-order valence-corrected chi connectivity index (χ0v) is 41.4. The van der Waals surface area contributed by atoms with Crippen LogP contribution in [0, 0.1) is 11.6 Å². The Labute approximate surface area is 409 Å². The number of rotatable bonds is 20. The molecule has 16 nitrogen and oxygen atoms in total.